The van der Waals surface area contributed by atoms with Crippen molar-refractivity contribution in [2.75, 3.05) is 7.11 Å². The molecule has 0 fully saturated rings. The average molecular weight is 313 g/mol. The number of rotatable bonds is 4. The Balaban J connectivity index is 2.18. The molecule has 0 bridgehead atoms. The van der Waals surface area contributed by atoms with Crippen LogP contribution in [0.25, 0.3) is 0 Å². The maximum Gasteiger partial charge on any atom is 0.351 e. The SMILES string of the molecule is COC(=O)c1sc(Oc2ccc(C(N)=O)cc2)nc1Cl. The maximum absolute atomic E-state index is 11.4. The zero-order valence-corrected chi connectivity index (χ0v) is 11.8. The lowest BCUT2D eigenvalue weighted by Gasteiger charge is -2.01. The number of hydrogen-bond acceptors (Lipinski definition) is 6. The molecule has 1 aromatic carbocycles. The van der Waals surface area contributed by atoms with Crippen LogP contribution in [0.5, 0.6) is 10.9 Å². The van der Waals surface area contributed by atoms with Crippen molar-refractivity contribution in [3.8, 4) is 10.9 Å². The molecule has 2 N–H and O–H groups in total. The van der Waals surface area contributed by atoms with Crippen LogP contribution in [0.1, 0.15) is 20.0 Å². The molecule has 0 spiro atoms. The van der Waals surface area contributed by atoms with Crippen LogP contribution in [0.4, 0.5) is 0 Å². The highest BCUT2D eigenvalue weighted by Gasteiger charge is 2.18. The second-order valence-electron chi connectivity index (χ2n) is 3.58. The molecule has 1 amide bonds. The molecule has 0 aliphatic heterocycles. The molecule has 0 radical (unpaired) electrons. The van der Waals surface area contributed by atoms with E-state index in [1.807, 2.05) is 0 Å². The van der Waals surface area contributed by atoms with Crippen molar-refractivity contribution in [1.29, 1.82) is 0 Å². The molecule has 2 aromatic rings. The molecule has 6 nitrogen and oxygen atoms in total. The normalized spacial score (nSPS) is 10.1. The number of benzene rings is 1. The van der Waals surface area contributed by atoms with E-state index in [1.54, 1.807) is 12.1 Å². The molecule has 20 heavy (non-hydrogen) atoms. The van der Waals surface area contributed by atoms with Crippen LogP contribution in [0.3, 0.4) is 0 Å². The number of carbonyl (C=O) groups is 2. The van der Waals surface area contributed by atoms with Crippen molar-refractivity contribution >= 4 is 34.8 Å². The number of esters is 1. The van der Waals surface area contributed by atoms with Gasteiger partial charge in [-0.1, -0.05) is 22.9 Å². The van der Waals surface area contributed by atoms with E-state index < -0.39 is 11.9 Å². The second-order valence-corrected chi connectivity index (χ2v) is 4.90. The van der Waals surface area contributed by atoms with Crippen LogP contribution in [0.15, 0.2) is 24.3 Å². The molecule has 0 aliphatic rings. The highest BCUT2D eigenvalue weighted by atomic mass is 35.5. The Labute approximate surface area is 123 Å². The summed E-state index contributed by atoms with van der Waals surface area (Å²) in [5, 5.41) is 0.216. The van der Waals surface area contributed by atoms with Crippen LogP contribution in [-0.4, -0.2) is 24.0 Å². The third kappa shape index (κ3) is 3.06. The molecular weight excluding hydrogens is 304 g/mol. The Morgan fingerprint density at radius 1 is 1.30 bits per heavy atom. The molecule has 8 heteroatoms. The van der Waals surface area contributed by atoms with E-state index in [4.69, 9.17) is 22.1 Å². The first-order valence-electron chi connectivity index (χ1n) is 5.33. The minimum absolute atomic E-state index is 0.0191. The maximum atomic E-state index is 11.4. The van der Waals surface area contributed by atoms with Gasteiger partial charge in [-0.25, -0.2) is 4.79 Å². The Morgan fingerprint density at radius 3 is 2.50 bits per heavy atom. The number of aromatic nitrogens is 1. The number of hydrogen-bond donors (Lipinski definition) is 1. The average Bonchev–Trinajstić information content (AvgIpc) is 2.79. The van der Waals surface area contributed by atoms with Gasteiger partial charge in [0.2, 0.25) is 5.91 Å². The zero-order chi connectivity index (χ0) is 14.7. The lowest BCUT2D eigenvalue weighted by molar-refractivity contribution is 0.0606. The summed E-state index contributed by atoms with van der Waals surface area (Å²) in [7, 11) is 1.25. The van der Waals surface area contributed by atoms with Gasteiger partial charge in [0.25, 0.3) is 5.19 Å². The molecule has 1 aromatic heterocycles. The fourth-order valence-corrected chi connectivity index (χ4v) is 2.40. The van der Waals surface area contributed by atoms with Crippen LogP contribution in [0.2, 0.25) is 5.15 Å². The number of halogens is 1. The molecular formula is C12H9ClN2O4S. The van der Waals surface area contributed by atoms with Gasteiger partial charge >= 0.3 is 5.97 Å². The number of nitrogens with zero attached hydrogens (tertiary/aromatic N) is 1. The molecule has 2 rings (SSSR count). The van der Waals surface area contributed by atoms with E-state index in [-0.39, 0.29) is 15.2 Å². The van der Waals surface area contributed by atoms with E-state index in [0.29, 0.717) is 11.3 Å². The fourth-order valence-electron chi connectivity index (χ4n) is 1.33. The van der Waals surface area contributed by atoms with Gasteiger partial charge in [0.05, 0.1) is 7.11 Å². The number of primary amides is 1. The van der Waals surface area contributed by atoms with Crippen LogP contribution >= 0.6 is 22.9 Å². The zero-order valence-electron chi connectivity index (χ0n) is 10.3. The lowest BCUT2D eigenvalue weighted by Crippen LogP contribution is -2.10. The summed E-state index contributed by atoms with van der Waals surface area (Å²) in [6, 6.07) is 6.17. The first-order valence-corrected chi connectivity index (χ1v) is 6.53. The Hall–Kier alpha value is -2.12. The number of amides is 1. The summed E-state index contributed by atoms with van der Waals surface area (Å²) in [5.41, 5.74) is 5.49. The van der Waals surface area contributed by atoms with Crippen molar-refractivity contribution in [3.05, 3.63) is 39.9 Å². The third-order valence-corrected chi connectivity index (χ3v) is 3.58. The summed E-state index contributed by atoms with van der Waals surface area (Å²) in [5.74, 6) is -0.662. The standard InChI is InChI=1S/C12H9ClN2O4S/c1-18-11(17)8-9(13)15-12(20-8)19-7-4-2-6(3-5-7)10(14)16/h2-5H,1H3,(H2,14,16). The number of methoxy groups -OCH3 is 1. The van der Waals surface area contributed by atoms with E-state index in [0.717, 1.165) is 11.3 Å². The molecule has 104 valence electrons. The van der Waals surface area contributed by atoms with Crippen molar-refractivity contribution in [1.82, 2.24) is 4.98 Å². The Bertz CT molecular complexity index is 654. The molecule has 0 saturated heterocycles. The molecule has 0 unspecified atom stereocenters. The van der Waals surface area contributed by atoms with Crippen LogP contribution < -0.4 is 10.5 Å². The second kappa shape index (κ2) is 5.89. The molecule has 0 saturated carbocycles. The predicted molar refractivity (Wildman–Crippen MR) is 73.5 cm³/mol. The van der Waals surface area contributed by atoms with Gasteiger partial charge in [0.1, 0.15) is 5.75 Å². The highest BCUT2D eigenvalue weighted by Crippen LogP contribution is 2.32. The number of ether oxygens (including phenoxy) is 2. The Kier molecular flexibility index (Phi) is 4.21. The molecule has 0 atom stereocenters. The number of thiazole rings is 1. The van der Waals surface area contributed by atoms with Gasteiger partial charge in [-0.2, -0.15) is 4.98 Å². The summed E-state index contributed by atoms with van der Waals surface area (Å²) >= 11 is 6.77. The van der Waals surface area contributed by atoms with Crippen molar-refractivity contribution in [2.24, 2.45) is 5.73 Å². The highest BCUT2D eigenvalue weighted by molar-refractivity contribution is 7.15. The minimum atomic E-state index is -0.577. The topological polar surface area (TPSA) is 91.5 Å². The van der Waals surface area contributed by atoms with Gasteiger partial charge < -0.3 is 15.2 Å². The van der Waals surface area contributed by atoms with Gasteiger partial charge in [-0.3, -0.25) is 4.79 Å². The van der Waals surface area contributed by atoms with Crippen LogP contribution in [0, 0.1) is 0 Å². The third-order valence-electron chi connectivity index (χ3n) is 2.28. The van der Waals surface area contributed by atoms with E-state index in [2.05, 4.69) is 9.72 Å². The van der Waals surface area contributed by atoms with Gasteiger partial charge in [-0.05, 0) is 24.3 Å². The molecule has 0 aliphatic carbocycles. The summed E-state index contributed by atoms with van der Waals surface area (Å²) in [6.45, 7) is 0. The smallest absolute Gasteiger partial charge is 0.351 e. The largest absolute Gasteiger partial charge is 0.465 e. The first kappa shape index (κ1) is 14.3. The van der Waals surface area contributed by atoms with Crippen LogP contribution in [-0.2, 0) is 4.74 Å². The first-order chi connectivity index (χ1) is 9.51. The van der Waals surface area contributed by atoms with E-state index >= 15 is 0 Å². The monoisotopic (exact) mass is 312 g/mol. The summed E-state index contributed by atoms with van der Waals surface area (Å²) in [4.78, 5) is 26.4. The van der Waals surface area contributed by atoms with Crippen molar-refractivity contribution < 1.29 is 19.1 Å². The predicted octanol–water partition coefficient (Wildman–Crippen LogP) is 2.47. The van der Waals surface area contributed by atoms with Gasteiger partial charge in [-0.15, -0.1) is 0 Å². The van der Waals surface area contributed by atoms with Crippen molar-refractivity contribution in [3.63, 3.8) is 0 Å². The number of carbonyl (C=O) groups excluding carboxylic acids is 2. The van der Waals surface area contributed by atoms with E-state index in [9.17, 15) is 9.59 Å². The Morgan fingerprint density at radius 2 is 1.95 bits per heavy atom. The van der Waals surface area contributed by atoms with Gasteiger partial charge in [0, 0.05) is 5.56 Å². The lowest BCUT2D eigenvalue weighted by atomic mass is 10.2. The van der Waals surface area contributed by atoms with Gasteiger partial charge in [0.15, 0.2) is 10.0 Å². The van der Waals surface area contributed by atoms with Crippen molar-refractivity contribution in [2.45, 2.75) is 0 Å². The van der Waals surface area contributed by atoms with E-state index in [1.165, 1.54) is 19.2 Å². The quantitative estimate of drug-likeness (QED) is 0.876. The fraction of sp³-hybridized carbons (Fsp3) is 0.0833. The summed E-state index contributed by atoms with van der Waals surface area (Å²) < 4.78 is 10.00. The number of nitrogens with two attached hydrogens (primary N) is 1. The summed E-state index contributed by atoms with van der Waals surface area (Å²) in [6.07, 6.45) is 0. The molecule has 1 heterocycles. The minimum Gasteiger partial charge on any atom is -0.465 e.